The van der Waals surface area contributed by atoms with E-state index in [0.29, 0.717) is 12.8 Å². The lowest BCUT2D eigenvalue weighted by Crippen LogP contribution is -2.18. The molecule has 0 aliphatic heterocycles. The van der Waals surface area contributed by atoms with Crippen LogP contribution in [0.15, 0.2) is 0 Å². The van der Waals surface area contributed by atoms with Crippen LogP contribution in [0.1, 0.15) is 290 Å². The van der Waals surface area contributed by atoms with Crippen molar-refractivity contribution in [2.24, 2.45) is 0 Å². The zero-order valence-corrected chi connectivity index (χ0v) is 35.7. The Labute approximate surface area is 326 Å². The van der Waals surface area contributed by atoms with Crippen molar-refractivity contribution in [3.63, 3.8) is 0 Å². The van der Waals surface area contributed by atoms with E-state index in [0.717, 1.165) is 32.1 Å². The number of carboxylic acid groups (broad SMARTS) is 1. The molecule has 0 aromatic rings. The number of carbonyl (C=O) groups is 2. The van der Waals surface area contributed by atoms with Crippen LogP contribution in [0.3, 0.4) is 0 Å². The molecule has 0 amide bonds. The molecule has 0 radical (unpaired) electrons. The largest absolute Gasteiger partial charge is 0.481 e. The van der Waals surface area contributed by atoms with Crippen molar-refractivity contribution in [3.8, 4) is 0 Å². The number of hydrogen-bond donors (Lipinski definition) is 1. The summed E-state index contributed by atoms with van der Waals surface area (Å²) >= 11 is 0. The molecular formula is C48H94O4. The Hall–Kier alpha value is -1.06. The molecule has 0 aliphatic rings. The molecule has 0 aliphatic carbocycles. The Morgan fingerprint density at radius 2 is 0.577 bits per heavy atom. The number of rotatable bonds is 45. The third-order valence-electron chi connectivity index (χ3n) is 11.3. The first-order valence-electron chi connectivity index (χ1n) is 24.0. The van der Waals surface area contributed by atoms with Gasteiger partial charge in [-0.2, -0.15) is 0 Å². The molecule has 0 rings (SSSR count). The lowest BCUT2D eigenvalue weighted by Gasteiger charge is -2.18. The molecule has 0 aromatic heterocycles. The smallest absolute Gasteiger partial charge is 0.306 e. The molecule has 1 N–H and O–H groups in total. The van der Waals surface area contributed by atoms with Crippen LogP contribution in [-0.2, 0) is 14.3 Å². The van der Waals surface area contributed by atoms with Gasteiger partial charge in [0.15, 0.2) is 0 Å². The van der Waals surface area contributed by atoms with Gasteiger partial charge in [0, 0.05) is 12.8 Å². The van der Waals surface area contributed by atoms with Gasteiger partial charge in [-0.25, -0.2) is 0 Å². The van der Waals surface area contributed by atoms with Crippen LogP contribution in [0.2, 0.25) is 0 Å². The van der Waals surface area contributed by atoms with E-state index in [1.165, 1.54) is 231 Å². The zero-order chi connectivity index (χ0) is 37.8. The first kappa shape index (κ1) is 50.9. The zero-order valence-electron chi connectivity index (χ0n) is 35.7. The maximum atomic E-state index is 12.7. The van der Waals surface area contributed by atoms with Gasteiger partial charge >= 0.3 is 11.9 Å². The number of hydrogen-bond acceptors (Lipinski definition) is 3. The van der Waals surface area contributed by atoms with E-state index in [-0.39, 0.29) is 12.1 Å². The van der Waals surface area contributed by atoms with Crippen LogP contribution in [-0.4, -0.2) is 23.1 Å². The van der Waals surface area contributed by atoms with Crippen LogP contribution in [0.25, 0.3) is 0 Å². The quantitative estimate of drug-likeness (QED) is 0.0500. The van der Waals surface area contributed by atoms with Gasteiger partial charge in [-0.3, -0.25) is 9.59 Å². The summed E-state index contributed by atoms with van der Waals surface area (Å²) in [6.07, 6.45) is 54.6. The van der Waals surface area contributed by atoms with Crippen molar-refractivity contribution < 1.29 is 19.4 Å². The molecule has 0 bridgehead atoms. The monoisotopic (exact) mass is 735 g/mol. The molecule has 0 aromatic carbocycles. The first-order chi connectivity index (χ1) is 25.6. The lowest BCUT2D eigenvalue weighted by atomic mass is 10.0. The van der Waals surface area contributed by atoms with E-state index in [4.69, 9.17) is 9.84 Å². The first-order valence-corrected chi connectivity index (χ1v) is 24.0. The van der Waals surface area contributed by atoms with Crippen molar-refractivity contribution in [2.75, 3.05) is 0 Å². The fourth-order valence-corrected chi connectivity index (χ4v) is 7.78. The summed E-state index contributed by atoms with van der Waals surface area (Å²) in [5, 5.41) is 8.71. The highest BCUT2D eigenvalue weighted by Crippen LogP contribution is 2.20. The van der Waals surface area contributed by atoms with Crippen molar-refractivity contribution in [1.29, 1.82) is 0 Å². The fourth-order valence-electron chi connectivity index (χ4n) is 7.78. The van der Waals surface area contributed by atoms with Crippen LogP contribution in [0, 0.1) is 0 Å². The van der Waals surface area contributed by atoms with E-state index in [1.54, 1.807) is 0 Å². The topological polar surface area (TPSA) is 63.6 Å². The molecule has 4 heteroatoms. The maximum Gasteiger partial charge on any atom is 0.306 e. The SMILES string of the molecule is CCCCCCCCCCCCCCCCCCCCCCCC(=O)OC(CCCCCCCC)CCCCCCCCCCCCCCC(=O)O. The summed E-state index contributed by atoms with van der Waals surface area (Å²) in [7, 11) is 0. The number of unbranched alkanes of at least 4 members (excludes halogenated alkanes) is 36. The molecule has 310 valence electrons. The van der Waals surface area contributed by atoms with Gasteiger partial charge in [0.25, 0.3) is 0 Å². The second kappa shape index (κ2) is 44.3. The minimum atomic E-state index is -0.666. The van der Waals surface area contributed by atoms with Gasteiger partial charge in [0.05, 0.1) is 0 Å². The van der Waals surface area contributed by atoms with Crippen molar-refractivity contribution >= 4 is 11.9 Å². The maximum absolute atomic E-state index is 12.7. The highest BCUT2D eigenvalue weighted by atomic mass is 16.5. The van der Waals surface area contributed by atoms with Gasteiger partial charge in [-0.15, -0.1) is 0 Å². The summed E-state index contributed by atoms with van der Waals surface area (Å²) in [5.41, 5.74) is 0. The molecule has 0 fully saturated rings. The molecule has 52 heavy (non-hydrogen) atoms. The Morgan fingerprint density at radius 1 is 0.346 bits per heavy atom. The molecule has 4 nitrogen and oxygen atoms in total. The average molecular weight is 735 g/mol. The molecule has 1 unspecified atom stereocenters. The van der Waals surface area contributed by atoms with Crippen molar-refractivity contribution in [3.05, 3.63) is 0 Å². The standard InChI is InChI=1S/C48H94O4/c1-3-5-7-9-11-12-13-14-15-16-17-18-19-20-21-22-27-30-33-37-41-45-48(51)52-46(42-38-34-10-8-6-4-2)43-39-35-31-28-25-23-24-26-29-32-36-40-44-47(49)50/h46H,3-45H2,1-2H3,(H,49,50). The summed E-state index contributed by atoms with van der Waals surface area (Å²) < 4.78 is 6.07. The summed E-state index contributed by atoms with van der Waals surface area (Å²) in [6, 6.07) is 0. The number of carboxylic acids is 1. The van der Waals surface area contributed by atoms with Crippen LogP contribution in [0.5, 0.6) is 0 Å². The Kier molecular flexibility index (Phi) is 43.4. The van der Waals surface area contributed by atoms with E-state index < -0.39 is 5.97 Å². The predicted molar refractivity (Wildman–Crippen MR) is 227 cm³/mol. The van der Waals surface area contributed by atoms with Gasteiger partial charge in [-0.1, -0.05) is 239 Å². The van der Waals surface area contributed by atoms with Crippen LogP contribution < -0.4 is 0 Å². The normalized spacial score (nSPS) is 12.0. The average Bonchev–Trinajstić information content (AvgIpc) is 3.13. The van der Waals surface area contributed by atoms with Gasteiger partial charge in [-0.05, 0) is 38.5 Å². The van der Waals surface area contributed by atoms with Crippen molar-refractivity contribution in [1.82, 2.24) is 0 Å². The second-order valence-corrected chi connectivity index (χ2v) is 16.7. The molecule has 0 saturated carbocycles. The minimum Gasteiger partial charge on any atom is -0.481 e. The van der Waals surface area contributed by atoms with Crippen LogP contribution >= 0.6 is 0 Å². The fraction of sp³-hybridized carbons (Fsp3) is 0.958. The minimum absolute atomic E-state index is 0.0515. The summed E-state index contributed by atoms with van der Waals surface area (Å²) in [5.74, 6) is -0.614. The second-order valence-electron chi connectivity index (χ2n) is 16.7. The number of aliphatic carboxylic acids is 1. The van der Waals surface area contributed by atoms with Gasteiger partial charge in [0.2, 0.25) is 0 Å². The third-order valence-corrected chi connectivity index (χ3v) is 11.3. The highest BCUT2D eigenvalue weighted by molar-refractivity contribution is 5.69. The summed E-state index contributed by atoms with van der Waals surface area (Å²) in [6.45, 7) is 4.57. The molecule has 0 heterocycles. The van der Waals surface area contributed by atoms with Gasteiger partial charge < -0.3 is 9.84 Å². The van der Waals surface area contributed by atoms with E-state index in [9.17, 15) is 9.59 Å². The highest BCUT2D eigenvalue weighted by Gasteiger charge is 2.14. The van der Waals surface area contributed by atoms with E-state index in [2.05, 4.69) is 13.8 Å². The number of carbonyl (C=O) groups excluding carboxylic acids is 1. The molecule has 0 saturated heterocycles. The Morgan fingerprint density at radius 3 is 0.846 bits per heavy atom. The van der Waals surface area contributed by atoms with Gasteiger partial charge in [0.1, 0.15) is 6.10 Å². The van der Waals surface area contributed by atoms with Crippen LogP contribution in [0.4, 0.5) is 0 Å². The Bertz CT molecular complexity index is 706. The predicted octanol–water partition coefficient (Wildman–Crippen LogP) is 16.8. The van der Waals surface area contributed by atoms with E-state index >= 15 is 0 Å². The Balaban J connectivity index is 3.78. The molecule has 1 atom stereocenters. The number of ether oxygens (including phenoxy) is 1. The number of esters is 1. The molecule has 0 spiro atoms. The molecular weight excluding hydrogens is 641 g/mol. The summed E-state index contributed by atoms with van der Waals surface area (Å²) in [4.78, 5) is 23.3. The van der Waals surface area contributed by atoms with Crippen molar-refractivity contribution in [2.45, 2.75) is 296 Å². The lowest BCUT2D eigenvalue weighted by molar-refractivity contribution is -0.150. The van der Waals surface area contributed by atoms with E-state index in [1.807, 2.05) is 0 Å². The third kappa shape index (κ3) is 43.3.